The summed E-state index contributed by atoms with van der Waals surface area (Å²) in [5.41, 5.74) is -1.73. The van der Waals surface area contributed by atoms with Crippen LogP contribution in [0.2, 0.25) is 0 Å². The number of hydrogen-bond acceptors (Lipinski definition) is 27. The molecule has 0 saturated carbocycles. The number of benzene rings is 12. The van der Waals surface area contributed by atoms with Crippen molar-refractivity contribution in [3.8, 4) is 209 Å². The van der Waals surface area contributed by atoms with E-state index in [4.69, 9.17) is 94.7 Å². The zero-order chi connectivity index (χ0) is 74.8. The van der Waals surface area contributed by atoms with Crippen molar-refractivity contribution in [2.75, 3.05) is 34.0 Å². The van der Waals surface area contributed by atoms with Crippen LogP contribution < -0.4 is 94.7 Å². The molecule has 0 saturated heterocycles. The number of nitrogens with zero attached hydrogens (tertiary/aromatic N) is 5. The number of phenols is 1. The molecular formula is C83H45N5O22. The SMILES string of the molecule is N#Cc1c(Oc2ccc3c(c2)OCO3)cccc1Oc1cc(C(=O)c2ccc(Oc3cccc(Oc4ccc5c(c4)OCO5)c3C#N)c(Oc3cccc(Oc4ccc5c(c4)OCO5)c3C#N)c2O)cc(Oc2cccc(Oc3ccc4c(c3)OCO4)c2C#N)c1Oc1cccc(Oc2ccc3c(c2)OCO3)c1C#N. The molecule has 0 radical (unpaired) electrons. The average Bonchev–Trinajstić information content (AvgIpc) is 1.05. The number of carbonyl (C=O) groups is 1. The van der Waals surface area contributed by atoms with Crippen LogP contribution >= 0.6 is 0 Å². The quantitative estimate of drug-likeness (QED) is 0.0616. The van der Waals surface area contributed by atoms with E-state index >= 15 is 4.79 Å². The maximum atomic E-state index is 16.1. The minimum Gasteiger partial charge on any atom is -0.504 e. The maximum absolute atomic E-state index is 16.1. The van der Waals surface area contributed by atoms with Crippen LogP contribution in [0.25, 0.3) is 0 Å². The van der Waals surface area contributed by atoms with Crippen LogP contribution in [0.3, 0.4) is 0 Å². The summed E-state index contributed by atoms with van der Waals surface area (Å²) in [6.45, 7) is -0.0949. The molecule has 5 heterocycles. The Bertz CT molecular complexity index is 5890. The van der Waals surface area contributed by atoms with Crippen LogP contribution in [0.5, 0.6) is 178 Å². The highest BCUT2D eigenvalue weighted by Gasteiger charge is 2.32. The topological polar surface area (TPSA) is 341 Å². The molecule has 5 aliphatic rings. The normalized spacial score (nSPS) is 12.4. The largest absolute Gasteiger partial charge is 0.504 e. The van der Waals surface area contributed by atoms with Crippen LogP contribution in [0.15, 0.2) is 206 Å². The van der Waals surface area contributed by atoms with Crippen molar-refractivity contribution >= 4 is 5.78 Å². The van der Waals surface area contributed by atoms with Gasteiger partial charge in [-0.15, -0.1) is 0 Å². The van der Waals surface area contributed by atoms with Crippen LogP contribution in [-0.4, -0.2) is 44.9 Å². The van der Waals surface area contributed by atoms with Crippen LogP contribution in [0, 0.1) is 56.7 Å². The molecule has 27 nitrogen and oxygen atoms in total. The van der Waals surface area contributed by atoms with Crippen molar-refractivity contribution in [1.82, 2.24) is 0 Å². The van der Waals surface area contributed by atoms with Gasteiger partial charge in [0, 0.05) is 35.9 Å². The maximum Gasteiger partial charge on any atom is 0.231 e. The molecule has 17 rings (SSSR count). The van der Waals surface area contributed by atoms with Gasteiger partial charge in [-0.3, -0.25) is 4.79 Å². The molecule has 0 bridgehead atoms. The Morgan fingerprint density at radius 1 is 0.264 bits per heavy atom. The summed E-state index contributed by atoms with van der Waals surface area (Å²) in [6.07, 6.45) is 0. The number of nitriles is 5. The summed E-state index contributed by atoms with van der Waals surface area (Å²) in [6, 6.07) is 62.2. The van der Waals surface area contributed by atoms with Crippen molar-refractivity contribution in [2.24, 2.45) is 0 Å². The lowest BCUT2D eigenvalue weighted by atomic mass is 10.0. The van der Waals surface area contributed by atoms with E-state index < -0.39 is 40.1 Å². The van der Waals surface area contributed by atoms with Gasteiger partial charge in [0.15, 0.2) is 86.3 Å². The summed E-state index contributed by atoms with van der Waals surface area (Å²) >= 11 is 0. The van der Waals surface area contributed by atoms with E-state index in [9.17, 15) is 31.4 Å². The lowest BCUT2D eigenvalue weighted by molar-refractivity contribution is 0.103. The highest BCUT2D eigenvalue weighted by Crippen LogP contribution is 2.53. The second kappa shape index (κ2) is 28.7. The summed E-state index contributed by atoms with van der Waals surface area (Å²) in [5, 5.41) is 68.2. The molecule has 0 atom stereocenters. The first-order valence-corrected chi connectivity index (χ1v) is 33.0. The molecule has 0 spiro atoms. The third-order valence-corrected chi connectivity index (χ3v) is 17.1. The van der Waals surface area contributed by atoms with Gasteiger partial charge in [0.05, 0.1) is 5.56 Å². The van der Waals surface area contributed by atoms with Gasteiger partial charge in [-0.05, 0) is 146 Å². The minimum absolute atomic E-state index is 0.00113. The highest BCUT2D eigenvalue weighted by atomic mass is 16.7. The second-order valence-corrected chi connectivity index (χ2v) is 23.7. The Hall–Kier alpha value is -16.4. The predicted octanol–water partition coefficient (Wildman–Crippen LogP) is 18.5. The van der Waals surface area contributed by atoms with Gasteiger partial charge in [-0.2, -0.15) is 26.3 Å². The predicted molar refractivity (Wildman–Crippen MR) is 377 cm³/mol. The third-order valence-electron chi connectivity index (χ3n) is 17.1. The number of carbonyl (C=O) groups excluding carboxylic acids is 1. The standard InChI is InChI=1S/C83H45N5O22/c84-35-52-57(101-46-16-22-67-73(30-46)96-40-91-67)6-1-11-62(52)106-72-27-21-51(81(90)83(72)110-66-15-5-10-61(56(66)39-88)105-50-20-26-71-77(34-50)100-44-95-71)80(89)45-28-78(107-63-12-2-7-58(53(63)36-85)102-47-17-23-68-74(31-47)97-41-92-68)82(109-65-14-4-9-60(55(65)38-87)104-49-19-25-70-76(33-49)99-43-94-70)79(29-45)108-64-13-3-8-59(54(64)37-86)103-48-18-24-69-75(32-48)98-42-93-69/h1-34,90H,40-44H2. The van der Waals surface area contributed by atoms with Crippen molar-refractivity contribution in [3.63, 3.8) is 0 Å². The van der Waals surface area contributed by atoms with Gasteiger partial charge in [0.2, 0.25) is 45.5 Å². The van der Waals surface area contributed by atoms with Crippen LogP contribution in [0.4, 0.5) is 0 Å². The van der Waals surface area contributed by atoms with Crippen molar-refractivity contribution in [1.29, 1.82) is 26.3 Å². The summed E-state index contributed by atoms with van der Waals surface area (Å²) in [4.78, 5) is 16.1. The van der Waals surface area contributed by atoms with Gasteiger partial charge >= 0.3 is 0 Å². The van der Waals surface area contributed by atoms with Gasteiger partial charge < -0.3 is 99.8 Å². The number of phenolic OH excluding ortho intramolecular Hbond substituents is 1. The Kier molecular flexibility index (Phi) is 17.4. The molecule has 0 aromatic heterocycles. The number of hydrogen-bond donors (Lipinski definition) is 1. The van der Waals surface area contributed by atoms with Crippen molar-refractivity contribution in [2.45, 2.75) is 0 Å². The van der Waals surface area contributed by atoms with Gasteiger partial charge in [-0.25, -0.2) is 0 Å². The Labute approximate surface area is 621 Å². The number of fused-ring (bicyclic) bond motifs is 5. The molecule has 0 aliphatic carbocycles. The first-order chi connectivity index (χ1) is 54.0. The molecule has 5 aliphatic heterocycles. The van der Waals surface area contributed by atoms with E-state index in [1.165, 1.54) is 109 Å². The fourth-order valence-corrected chi connectivity index (χ4v) is 11.9. The van der Waals surface area contributed by atoms with E-state index in [2.05, 4.69) is 30.3 Å². The van der Waals surface area contributed by atoms with E-state index in [-0.39, 0.29) is 159 Å². The van der Waals surface area contributed by atoms with Crippen LogP contribution in [0.1, 0.15) is 43.7 Å². The van der Waals surface area contributed by atoms with Gasteiger partial charge in [0.1, 0.15) is 144 Å². The summed E-state index contributed by atoms with van der Waals surface area (Å²) in [5.74, 6) is 0.718. The molecule has 1 N–H and O–H groups in total. The van der Waals surface area contributed by atoms with E-state index in [0.717, 1.165) is 0 Å². The first kappa shape index (κ1) is 66.8. The number of aromatic hydroxyl groups is 1. The Morgan fingerprint density at radius 2 is 0.509 bits per heavy atom. The molecule has 0 unspecified atom stereocenters. The molecule has 534 valence electrons. The zero-order valence-corrected chi connectivity index (χ0v) is 56.4. The lowest BCUT2D eigenvalue weighted by Gasteiger charge is -2.21. The average molecular weight is 1460 g/mol. The fourth-order valence-electron chi connectivity index (χ4n) is 11.9. The van der Waals surface area contributed by atoms with E-state index in [1.54, 1.807) is 97.1 Å². The van der Waals surface area contributed by atoms with E-state index in [1.807, 2.05) is 0 Å². The molecular weight excluding hydrogens is 1420 g/mol. The molecule has 12 aromatic carbocycles. The Balaban J connectivity index is 0.822. The fraction of sp³-hybridized carbons (Fsp3) is 0.0602. The zero-order valence-electron chi connectivity index (χ0n) is 56.4. The third kappa shape index (κ3) is 13.1. The van der Waals surface area contributed by atoms with E-state index in [0.29, 0.717) is 57.5 Å². The summed E-state index contributed by atoms with van der Waals surface area (Å²) in [7, 11) is 0. The monoisotopic (exact) mass is 1460 g/mol. The van der Waals surface area contributed by atoms with Crippen molar-refractivity contribution < 1.29 is 105 Å². The summed E-state index contributed by atoms with van der Waals surface area (Å²) < 4.78 is 121. The van der Waals surface area contributed by atoms with Crippen molar-refractivity contribution in [3.05, 3.63) is 245 Å². The number of ketones is 1. The Morgan fingerprint density at radius 3 is 0.791 bits per heavy atom. The molecule has 110 heavy (non-hydrogen) atoms. The molecule has 12 aromatic rings. The molecule has 27 heteroatoms. The minimum atomic E-state index is -1.00. The van der Waals surface area contributed by atoms with Gasteiger partial charge in [-0.1, -0.05) is 30.3 Å². The smallest absolute Gasteiger partial charge is 0.231 e. The highest BCUT2D eigenvalue weighted by molar-refractivity contribution is 6.12. The van der Waals surface area contributed by atoms with Gasteiger partial charge in [0.25, 0.3) is 0 Å². The van der Waals surface area contributed by atoms with Crippen LogP contribution in [-0.2, 0) is 0 Å². The lowest BCUT2D eigenvalue weighted by Crippen LogP contribution is -2.06. The molecule has 0 fully saturated rings. The number of ether oxygens (including phenoxy) is 20. The number of rotatable bonds is 22. The second-order valence-electron chi connectivity index (χ2n) is 23.7. The molecule has 0 amide bonds. The first-order valence-electron chi connectivity index (χ1n) is 33.0.